The molecule has 2 N–H and O–H groups in total. The summed E-state index contributed by atoms with van der Waals surface area (Å²) in [5, 5.41) is 7.80. The van der Waals surface area contributed by atoms with Crippen LogP contribution in [-0.2, 0) is 13.1 Å². The molecule has 3 nitrogen and oxygen atoms in total. The Balaban J connectivity index is 1.98. The Morgan fingerprint density at radius 3 is 2.48 bits per heavy atom. The van der Waals surface area contributed by atoms with Gasteiger partial charge in [-0.25, -0.2) is 0 Å². The van der Waals surface area contributed by atoms with Crippen molar-refractivity contribution in [2.75, 3.05) is 19.4 Å². The van der Waals surface area contributed by atoms with E-state index in [2.05, 4.69) is 47.8 Å². The number of nitrogens with zero attached hydrogens (tertiary/aromatic N) is 1. The van der Waals surface area contributed by atoms with Crippen molar-refractivity contribution in [3.63, 3.8) is 0 Å². The highest BCUT2D eigenvalue weighted by Gasteiger charge is 2.06. The van der Waals surface area contributed by atoms with Gasteiger partial charge >= 0.3 is 0 Å². The van der Waals surface area contributed by atoms with E-state index < -0.39 is 0 Å². The Bertz CT molecular complexity index is 686. The molecule has 2 aromatic rings. The largest absolute Gasteiger partial charge is 0.358 e. The number of benzene rings is 2. The molecule has 23 heavy (non-hydrogen) atoms. The molecule has 0 atom stereocenters. The summed E-state index contributed by atoms with van der Waals surface area (Å²) in [6.07, 6.45) is 0. The molecule has 5 heteroatoms. The second-order valence-corrected chi connectivity index (χ2v) is 6.54. The molecule has 122 valence electrons. The van der Waals surface area contributed by atoms with E-state index in [4.69, 9.17) is 23.8 Å². The Morgan fingerprint density at radius 1 is 1.09 bits per heavy atom. The third kappa shape index (κ3) is 5.20. The van der Waals surface area contributed by atoms with Crippen molar-refractivity contribution in [2.24, 2.45) is 0 Å². The summed E-state index contributed by atoms with van der Waals surface area (Å²) in [5.74, 6) is 0. The summed E-state index contributed by atoms with van der Waals surface area (Å²) in [6.45, 7) is 3.57. The van der Waals surface area contributed by atoms with Crippen LogP contribution in [0.2, 0.25) is 5.02 Å². The summed E-state index contributed by atoms with van der Waals surface area (Å²) in [4.78, 5) is 2.16. The van der Waals surface area contributed by atoms with E-state index in [1.165, 1.54) is 11.1 Å². The van der Waals surface area contributed by atoms with Crippen molar-refractivity contribution in [3.8, 4) is 0 Å². The Hall–Kier alpha value is -1.62. The minimum Gasteiger partial charge on any atom is -0.358 e. The number of thiocarbonyl (C=S) groups is 1. The zero-order valence-corrected chi connectivity index (χ0v) is 15.3. The van der Waals surface area contributed by atoms with Gasteiger partial charge < -0.3 is 15.5 Å². The molecular weight excluding hydrogens is 326 g/mol. The van der Waals surface area contributed by atoms with Crippen molar-refractivity contribution in [2.45, 2.75) is 20.0 Å². The van der Waals surface area contributed by atoms with Gasteiger partial charge in [0.15, 0.2) is 5.11 Å². The Labute approximate surface area is 148 Å². The van der Waals surface area contributed by atoms with Crippen LogP contribution in [0.15, 0.2) is 42.5 Å². The molecule has 0 saturated heterocycles. The number of hydrogen-bond donors (Lipinski definition) is 2. The van der Waals surface area contributed by atoms with Crippen molar-refractivity contribution >= 4 is 34.6 Å². The molecular formula is C18H22ClN3S. The highest BCUT2D eigenvalue weighted by atomic mass is 35.5. The predicted octanol–water partition coefficient (Wildman–Crippen LogP) is 4.20. The highest BCUT2D eigenvalue weighted by Crippen LogP contribution is 2.22. The van der Waals surface area contributed by atoms with Gasteiger partial charge in [-0.15, -0.1) is 0 Å². The van der Waals surface area contributed by atoms with Crippen LogP contribution >= 0.6 is 23.8 Å². The summed E-state index contributed by atoms with van der Waals surface area (Å²) in [7, 11) is 4.14. The first kappa shape index (κ1) is 17.7. The maximum absolute atomic E-state index is 6.13. The van der Waals surface area contributed by atoms with Crippen LogP contribution in [0.25, 0.3) is 0 Å². The molecule has 0 saturated carbocycles. The van der Waals surface area contributed by atoms with Gasteiger partial charge in [-0.3, -0.25) is 0 Å². The van der Waals surface area contributed by atoms with E-state index >= 15 is 0 Å². The van der Waals surface area contributed by atoms with Crippen molar-refractivity contribution in [1.82, 2.24) is 10.2 Å². The molecule has 0 aliphatic carbocycles. The third-order valence-corrected chi connectivity index (χ3v) is 4.22. The van der Waals surface area contributed by atoms with E-state index in [0.717, 1.165) is 22.8 Å². The number of halogens is 1. The van der Waals surface area contributed by atoms with Gasteiger partial charge in [0.05, 0.1) is 0 Å². The summed E-state index contributed by atoms with van der Waals surface area (Å²) < 4.78 is 0. The predicted molar refractivity (Wildman–Crippen MR) is 103 cm³/mol. The summed E-state index contributed by atoms with van der Waals surface area (Å²) in [5.41, 5.74) is 4.46. The lowest BCUT2D eigenvalue weighted by Crippen LogP contribution is -2.29. The van der Waals surface area contributed by atoms with Gasteiger partial charge in [0, 0.05) is 23.8 Å². The fourth-order valence-corrected chi connectivity index (χ4v) is 2.67. The lowest BCUT2D eigenvalue weighted by molar-refractivity contribution is 0.401. The lowest BCUT2D eigenvalue weighted by Gasteiger charge is -2.16. The standard InChI is InChI=1S/C18H22ClN3S/c1-13-16(19)9-6-10-17(13)21-18(23)20-11-14-7-4-5-8-15(14)12-22(2)3/h4-10H,11-12H2,1-3H3,(H2,20,21,23). The molecule has 0 radical (unpaired) electrons. The maximum atomic E-state index is 6.13. The zero-order chi connectivity index (χ0) is 16.8. The second-order valence-electron chi connectivity index (χ2n) is 5.73. The molecule has 0 fully saturated rings. The van der Waals surface area contributed by atoms with Crippen LogP contribution in [0.5, 0.6) is 0 Å². The average molecular weight is 348 g/mol. The van der Waals surface area contributed by atoms with Crippen LogP contribution in [0.4, 0.5) is 5.69 Å². The van der Waals surface area contributed by atoms with Crippen LogP contribution in [0, 0.1) is 6.92 Å². The van der Waals surface area contributed by atoms with E-state index in [1.807, 2.05) is 31.2 Å². The van der Waals surface area contributed by atoms with Crippen molar-refractivity contribution < 1.29 is 0 Å². The topological polar surface area (TPSA) is 27.3 Å². The molecule has 0 heterocycles. The fraction of sp³-hybridized carbons (Fsp3) is 0.278. The molecule has 0 amide bonds. The molecule has 0 aliphatic heterocycles. The molecule has 2 rings (SSSR count). The van der Waals surface area contributed by atoms with E-state index in [1.54, 1.807) is 0 Å². The average Bonchev–Trinajstić information content (AvgIpc) is 2.50. The van der Waals surface area contributed by atoms with Crippen LogP contribution in [-0.4, -0.2) is 24.1 Å². The molecule has 0 unspecified atom stereocenters. The Morgan fingerprint density at radius 2 is 1.78 bits per heavy atom. The van der Waals surface area contributed by atoms with Crippen LogP contribution in [0.3, 0.4) is 0 Å². The summed E-state index contributed by atoms with van der Waals surface area (Å²) >= 11 is 11.5. The lowest BCUT2D eigenvalue weighted by atomic mass is 10.1. The number of nitrogens with one attached hydrogen (secondary N) is 2. The van der Waals surface area contributed by atoms with Crippen molar-refractivity contribution in [1.29, 1.82) is 0 Å². The summed E-state index contributed by atoms with van der Waals surface area (Å²) in [6, 6.07) is 14.1. The van der Waals surface area contributed by atoms with Gasteiger partial charge in [0.25, 0.3) is 0 Å². The Kier molecular flexibility index (Phi) is 6.39. The van der Waals surface area contributed by atoms with Crippen molar-refractivity contribution in [3.05, 3.63) is 64.2 Å². The first-order chi connectivity index (χ1) is 11.0. The van der Waals surface area contributed by atoms with Gasteiger partial charge in [0.1, 0.15) is 0 Å². The highest BCUT2D eigenvalue weighted by molar-refractivity contribution is 7.80. The quantitative estimate of drug-likeness (QED) is 0.793. The maximum Gasteiger partial charge on any atom is 0.171 e. The molecule has 2 aromatic carbocycles. The van der Waals surface area contributed by atoms with Gasteiger partial charge in [-0.05, 0) is 62.1 Å². The monoisotopic (exact) mass is 347 g/mol. The first-order valence-corrected chi connectivity index (χ1v) is 8.27. The fourth-order valence-electron chi connectivity index (χ4n) is 2.31. The van der Waals surface area contributed by atoms with E-state index in [9.17, 15) is 0 Å². The minimum absolute atomic E-state index is 0.593. The van der Waals surface area contributed by atoms with E-state index in [-0.39, 0.29) is 0 Å². The van der Waals surface area contributed by atoms with Crippen LogP contribution < -0.4 is 10.6 Å². The number of hydrogen-bond acceptors (Lipinski definition) is 2. The van der Waals surface area contributed by atoms with E-state index in [0.29, 0.717) is 11.7 Å². The second kappa shape index (κ2) is 8.29. The normalized spacial score (nSPS) is 10.7. The van der Waals surface area contributed by atoms with Crippen LogP contribution in [0.1, 0.15) is 16.7 Å². The first-order valence-electron chi connectivity index (χ1n) is 7.49. The molecule has 0 aromatic heterocycles. The smallest absolute Gasteiger partial charge is 0.171 e. The zero-order valence-electron chi connectivity index (χ0n) is 13.7. The van der Waals surface area contributed by atoms with Gasteiger partial charge in [-0.2, -0.15) is 0 Å². The van der Waals surface area contributed by atoms with Gasteiger partial charge in [0.2, 0.25) is 0 Å². The minimum atomic E-state index is 0.593. The SMILES string of the molecule is Cc1c(Cl)cccc1NC(=S)NCc1ccccc1CN(C)C. The van der Waals surface area contributed by atoms with Gasteiger partial charge in [-0.1, -0.05) is 41.9 Å². The number of anilines is 1. The number of rotatable bonds is 5. The molecule has 0 bridgehead atoms. The molecule has 0 aliphatic rings. The third-order valence-electron chi connectivity index (χ3n) is 3.56. The molecule has 0 spiro atoms.